The number of carboxylic acid groups (broad SMARTS) is 1. The quantitative estimate of drug-likeness (QED) is 0.833. The second kappa shape index (κ2) is 6.45. The highest BCUT2D eigenvalue weighted by Crippen LogP contribution is 2.38. The lowest BCUT2D eigenvalue weighted by Crippen LogP contribution is -2.44. The highest BCUT2D eigenvalue weighted by molar-refractivity contribution is 8.00. The molecule has 1 N–H and O–H groups in total. The van der Waals surface area contributed by atoms with Crippen LogP contribution in [0.1, 0.15) is 33.6 Å². The number of nitrogens with zero attached hydrogens (tertiary/aromatic N) is 1. The monoisotopic (exact) mass is 273 g/mol. The summed E-state index contributed by atoms with van der Waals surface area (Å²) in [6, 6.07) is 0. The van der Waals surface area contributed by atoms with Gasteiger partial charge in [0.15, 0.2) is 0 Å². The summed E-state index contributed by atoms with van der Waals surface area (Å²) in [6.45, 7) is 8.38. The maximum absolute atomic E-state index is 11.9. The van der Waals surface area contributed by atoms with E-state index in [4.69, 9.17) is 5.11 Å². The van der Waals surface area contributed by atoms with Crippen LogP contribution in [0.2, 0.25) is 0 Å². The number of hydrogen-bond donors (Lipinski definition) is 1. The fourth-order valence-corrected chi connectivity index (χ4v) is 2.80. The molecule has 4 nitrogen and oxygen atoms in total. The van der Waals surface area contributed by atoms with Crippen molar-refractivity contribution in [2.24, 2.45) is 11.3 Å². The van der Waals surface area contributed by atoms with Gasteiger partial charge in [0, 0.05) is 13.1 Å². The Morgan fingerprint density at radius 2 is 1.83 bits per heavy atom. The summed E-state index contributed by atoms with van der Waals surface area (Å²) >= 11 is 1.18. The SMILES string of the molecule is CC(C)C1(C)CCN(C(=O)CSCC(=O)O)CC1. The predicted octanol–water partition coefficient (Wildman–Crippen LogP) is 2.09. The average Bonchev–Trinajstić information content (AvgIpc) is 2.29. The Hall–Kier alpha value is -0.710. The van der Waals surface area contributed by atoms with Gasteiger partial charge in [0.2, 0.25) is 5.91 Å². The van der Waals surface area contributed by atoms with Crippen LogP contribution in [0.25, 0.3) is 0 Å². The lowest BCUT2D eigenvalue weighted by Gasteiger charge is -2.42. The molecule has 0 radical (unpaired) electrons. The molecule has 5 heteroatoms. The minimum Gasteiger partial charge on any atom is -0.481 e. The number of piperidine rings is 1. The van der Waals surface area contributed by atoms with Crippen LogP contribution >= 0.6 is 11.8 Å². The van der Waals surface area contributed by atoms with Gasteiger partial charge in [-0.2, -0.15) is 0 Å². The third-order valence-electron chi connectivity index (χ3n) is 4.10. The summed E-state index contributed by atoms with van der Waals surface area (Å²) in [6.07, 6.45) is 2.08. The van der Waals surface area contributed by atoms with Gasteiger partial charge < -0.3 is 10.0 Å². The zero-order chi connectivity index (χ0) is 13.8. The number of rotatable bonds is 5. The van der Waals surface area contributed by atoms with Crippen molar-refractivity contribution in [3.63, 3.8) is 0 Å². The number of thioether (sulfide) groups is 1. The Kier molecular flexibility index (Phi) is 5.50. The van der Waals surface area contributed by atoms with Crippen LogP contribution in [0, 0.1) is 11.3 Å². The van der Waals surface area contributed by atoms with Crippen molar-refractivity contribution in [3.05, 3.63) is 0 Å². The van der Waals surface area contributed by atoms with Gasteiger partial charge in [0.25, 0.3) is 0 Å². The molecule has 1 saturated heterocycles. The van der Waals surface area contributed by atoms with Gasteiger partial charge in [-0.25, -0.2) is 0 Å². The van der Waals surface area contributed by atoms with Crippen LogP contribution in [0.3, 0.4) is 0 Å². The van der Waals surface area contributed by atoms with Crippen LogP contribution in [0.5, 0.6) is 0 Å². The van der Waals surface area contributed by atoms with Gasteiger partial charge in [0.1, 0.15) is 0 Å². The summed E-state index contributed by atoms with van der Waals surface area (Å²) < 4.78 is 0. The molecule has 0 spiro atoms. The molecule has 0 aromatic rings. The molecule has 0 atom stereocenters. The van der Waals surface area contributed by atoms with Crippen molar-refractivity contribution in [2.45, 2.75) is 33.6 Å². The number of carboxylic acids is 1. The van der Waals surface area contributed by atoms with E-state index >= 15 is 0 Å². The smallest absolute Gasteiger partial charge is 0.313 e. The molecule has 1 aliphatic heterocycles. The third-order valence-corrected chi connectivity index (χ3v) is 5.01. The number of aliphatic carboxylic acids is 1. The summed E-state index contributed by atoms with van der Waals surface area (Å²) in [5.74, 6) is 0.135. The Morgan fingerprint density at radius 1 is 1.28 bits per heavy atom. The maximum atomic E-state index is 11.9. The normalized spacial score (nSPS) is 19.0. The molecular weight excluding hydrogens is 250 g/mol. The van der Waals surface area contributed by atoms with Crippen LogP contribution in [-0.2, 0) is 9.59 Å². The molecule has 1 aliphatic rings. The summed E-state index contributed by atoms with van der Waals surface area (Å²) in [5.41, 5.74) is 0.338. The molecule has 0 unspecified atom stereocenters. The van der Waals surface area contributed by atoms with E-state index in [1.54, 1.807) is 0 Å². The largest absolute Gasteiger partial charge is 0.481 e. The number of amides is 1. The first kappa shape index (κ1) is 15.3. The Labute approximate surface area is 113 Å². The van der Waals surface area contributed by atoms with Crippen molar-refractivity contribution in [1.82, 2.24) is 4.90 Å². The van der Waals surface area contributed by atoms with Gasteiger partial charge in [-0.3, -0.25) is 9.59 Å². The molecule has 18 heavy (non-hydrogen) atoms. The number of carbonyl (C=O) groups is 2. The second-order valence-corrected chi connectivity index (χ2v) is 6.56. The van der Waals surface area contributed by atoms with Gasteiger partial charge >= 0.3 is 5.97 Å². The lowest BCUT2D eigenvalue weighted by molar-refractivity contribution is -0.133. The van der Waals surface area contributed by atoms with Crippen molar-refractivity contribution in [2.75, 3.05) is 24.6 Å². The number of likely N-dealkylation sites (tertiary alicyclic amines) is 1. The van der Waals surface area contributed by atoms with E-state index in [2.05, 4.69) is 20.8 Å². The molecule has 0 aromatic heterocycles. The van der Waals surface area contributed by atoms with Gasteiger partial charge in [0.05, 0.1) is 11.5 Å². The fraction of sp³-hybridized carbons (Fsp3) is 0.846. The molecule has 1 heterocycles. The highest BCUT2D eigenvalue weighted by Gasteiger charge is 2.34. The van der Waals surface area contributed by atoms with Crippen LogP contribution < -0.4 is 0 Å². The van der Waals surface area contributed by atoms with Gasteiger partial charge in [-0.1, -0.05) is 20.8 Å². The standard InChI is InChI=1S/C13H23NO3S/c1-10(2)13(3)4-6-14(7-5-13)11(15)8-18-9-12(16)17/h10H,4-9H2,1-3H3,(H,16,17). The van der Waals surface area contributed by atoms with Crippen molar-refractivity contribution in [3.8, 4) is 0 Å². The van der Waals surface area contributed by atoms with Crippen LogP contribution in [0.4, 0.5) is 0 Å². The zero-order valence-electron chi connectivity index (χ0n) is 11.4. The van der Waals surface area contributed by atoms with E-state index in [1.807, 2.05) is 4.90 Å². The molecule has 0 aromatic carbocycles. The first-order valence-corrected chi connectivity index (χ1v) is 7.58. The Bertz CT molecular complexity index is 309. The molecule has 104 valence electrons. The Balaban J connectivity index is 2.34. The summed E-state index contributed by atoms with van der Waals surface area (Å²) in [5, 5.41) is 8.52. The fourth-order valence-electron chi connectivity index (χ4n) is 2.16. The predicted molar refractivity (Wildman–Crippen MR) is 73.7 cm³/mol. The summed E-state index contributed by atoms with van der Waals surface area (Å²) in [4.78, 5) is 24.1. The van der Waals surface area contributed by atoms with Gasteiger partial charge in [-0.15, -0.1) is 11.8 Å². The molecular formula is C13H23NO3S. The molecule has 0 aliphatic carbocycles. The first-order chi connectivity index (χ1) is 8.35. The van der Waals surface area contributed by atoms with Crippen molar-refractivity contribution in [1.29, 1.82) is 0 Å². The van der Waals surface area contributed by atoms with E-state index < -0.39 is 5.97 Å². The molecule has 0 bridgehead atoms. The van der Waals surface area contributed by atoms with Crippen LogP contribution in [-0.4, -0.2) is 46.5 Å². The number of carbonyl (C=O) groups excluding carboxylic acids is 1. The maximum Gasteiger partial charge on any atom is 0.313 e. The van der Waals surface area contributed by atoms with E-state index in [-0.39, 0.29) is 17.4 Å². The van der Waals surface area contributed by atoms with Crippen LogP contribution in [0.15, 0.2) is 0 Å². The summed E-state index contributed by atoms with van der Waals surface area (Å²) in [7, 11) is 0. The minimum atomic E-state index is -0.862. The molecule has 1 fully saturated rings. The van der Waals surface area contributed by atoms with E-state index in [0.717, 1.165) is 25.9 Å². The van der Waals surface area contributed by atoms with E-state index in [0.29, 0.717) is 11.3 Å². The van der Waals surface area contributed by atoms with Crippen molar-refractivity contribution < 1.29 is 14.7 Å². The molecule has 1 rings (SSSR count). The molecule has 0 saturated carbocycles. The lowest BCUT2D eigenvalue weighted by atomic mass is 9.72. The first-order valence-electron chi connectivity index (χ1n) is 6.42. The zero-order valence-corrected chi connectivity index (χ0v) is 12.3. The Morgan fingerprint density at radius 3 is 2.28 bits per heavy atom. The van der Waals surface area contributed by atoms with Gasteiger partial charge in [-0.05, 0) is 24.2 Å². The van der Waals surface area contributed by atoms with E-state index in [1.165, 1.54) is 11.8 Å². The third kappa shape index (κ3) is 4.19. The minimum absolute atomic E-state index is 0.00326. The van der Waals surface area contributed by atoms with Crippen molar-refractivity contribution >= 4 is 23.6 Å². The topological polar surface area (TPSA) is 57.6 Å². The second-order valence-electron chi connectivity index (χ2n) is 5.58. The van der Waals surface area contributed by atoms with E-state index in [9.17, 15) is 9.59 Å². The average molecular weight is 273 g/mol. The highest BCUT2D eigenvalue weighted by atomic mass is 32.2. The molecule has 1 amide bonds. The number of hydrogen-bond acceptors (Lipinski definition) is 3.